The van der Waals surface area contributed by atoms with E-state index in [-0.39, 0.29) is 23.1 Å². The summed E-state index contributed by atoms with van der Waals surface area (Å²) in [5, 5.41) is 17.1. The van der Waals surface area contributed by atoms with E-state index >= 15 is 0 Å². The molecule has 2 aliphatic rings. The van der Waals surface area contributed by atoms with Crippen LogP contribution in [0.5, 0.6) is 0 Å². The predicted octanol–water partition coefficient (Wildman–Crippen LogP) is 2.14. The second kappa shape index (κ2) is 5.00. The number of ether oxygens (including phenoxy) is 1. The van der Waals surface area contributed by atoms with E-state index in [0.29, 0.717) is 24.6 Å². The van der Waals surface area contributed by atoms with Crippen molar-refractivity contribution in [2.24, 2.45) is 5.92 Å². The maximum atomic E-state index is 11.7. The lowest BCUT2D eigenvalue weighted by Crippen LogP contribution is -2.53. The number of nitrogens with zero attached hydrogens (tertiary/aromatic N) is 1. The zero-order valence-corrected chi connectivity index (χ0v) is 11.7. The first-order valence-corrected chi connectivity index (χ1v) is 6.92. The third-order valence-corrected chi connectivity index (χ3v) is 3.69. The van der Waals surface area contributed by atoms with Crippen LogP contribution in [-0.2, 0) is 9.53 Å². The Balaban J connectivity index is 1.80. The lowest BCUT2D eigenvalue weighted by atomic mass is 10.00. The fourth-order valence-electron chi connectivity index (χ4n) is 2.26. The maximum Gasteiger partial charge on any atom is 0.294 e. The molecule has 1 amide bonds. The normalized spacial score (nSPS) is 19.5. The largest absolute Gasteiger partial charge is 0.376 e. The summed E-state index contributed by atoms with van der Waals surface area (Å²) >= 11 is 0. The molecule has 1 saturated heterocycles. The van der Waals surface area contributed by atoms with Gasteiger partial charge in [0.25, 0.3) is 5.69 Å². The molecule has 1 heterocycles. The molecule has 0 spiro atoms. The molecule has 0 bridgehead atoms. The molecular formula is C14H17N3O4. The van der Waals surface area contributed by atoms with Crippen molar-refractivity contribution in [1.29, 1.82) is 0 Å². The summed E-state index contributed by atoms with van der Waals surface area (Å²) < 4.78 is 5.13. The van der Waals surface area contributed by atoms with Gasteiger partial charge in [-0.2, -0.15) is 0 Å². The number of nitro benzene ring substituents is 1. The number of nitrogens with one attached hydrogen (secondary N) is 2. The Hall–Kier alpha value is -2.15. The average Bonchev–Trinajstić information content (AvgIpc) is 3.22. The summed E-state index contributed by atoms with van der Waals surface area (Å²) in [4.78, 5) is 22.5. The van der Waals surface area contributed by atoms with Crippen molar-refractivity contribution in [3.8, 4) is 0 Å². The molecule has 3 rings (SSSR count). The van der Waals surface area contributed by atoms with Gasteiger partial charge in [0.2, 0.25) is 5.91 Å². The van der Waals surface area contributed by atoms with Gasteiger partial charge in [0, 0.05) is 17.7 Å². The van der Waals surface area contributed by atoms with Gasteiger partial charge in [-0.25, -0.2) is 0 Å². The molecule has 0 radical (unpaired) electrons. The Labute approximate surface area is 121 Å². The smallest absolute Gasteiger partial charge is 0.294 e. The van der Waals surface area contributed by atoms with E-state index in [1.165, 1.54) is 6.07 Å². The Morgan fingerprint density at radius 3 is 2.67 bits per heavy atom. The van der Waals surface area contributed by atoms with Crippen LogP contribution in [-0.4, -0.2) is 29.6 Å². The number of nitro groups is 1. The van der Waals surface area contributed by atoms with Gasteiger partial charge < -0.3 is 15.4 Å². The molecule has 7 heteroatoms. The third kappa shape index (κ3) is 2.97. The number of benzene rings is 1. The van der Waals surface area contributed by atoms with Crippen molar-refractivity contribution in [2.45, 2.75) is 25.3 Å². The van der Waals surface area contributed by atoms with Gasteiger partial charge in [0.05, 0.1) is 23.7 Å². The van der Waals surface area contributed by atoms with Gasteiger partial charge in [-0.15, -0.1) is 0 Å². The molecule has 0 aromatic heterocycles. The van der Waals surface area contributed by atoms with E-state index < -0.39 is 4.92 Å². The fraction of sp³-hybridized carbons (Fsp3) is 0.500. The van der Waals surface area contributed by atoms with Gasteiger partial charge in [0.1, 0.15) is 5.69 Å². The Bertz CT molecular complexity index is 594. The zero-order valence-electron chi connectivity index (χ0n) is 11.7. The van der Waals surface area contributed by atoms with Crippen LogP contribution in [0.15, 0.2) is 18.2 Å². The molecule has 1 aliphatic carbocycles. The standard InChI is InChI=1S/C14H17N3O4/c1-14(7-21-8-14)16-11-5-4-10(6-12(11)17(19)20)15-13(18)9-2-3-9/h4-6,9,16H,2-3,7-8H2,1H3,(H,15,18). The van der Waals surface area contributed by atoms with Gasteiger partial charge in [-0.3, -0.25) is 14.9 Å². The van der Waals surface area contributed by atoms with Crippen LogP contribution in [0.1, 0.15) is 19.8 Å². The van der Waals surface area contributed by atoms with Gasteiger partial charge in [-0.1, -0.05) is 0 Å². The van der Waals surface area contributed by atoms with Crippen molar-refractivity contribution in [1.82, 2.24) is 0 Å². The van der Waals surface area contributed by atoms with Crippen molar-refractivity contribution in [3.63, 3.8) is 0 Å². The van der Waals surface area contributed by atoms with Crippen LogP contribution in [0, 0.1) is 16.0 Å². The summed E-state index contributed by atoms with van der Waals surface area (Å²) in [6.45, 7) is 2.98. The highest BCUT2D eigenvalue weighted by molar-refractivity contribution is 5.94. The molecule has 21 heavy (non-hydrogen) atoms. The second-order valence-corrected chi connectivity index (χ2v) is 5.93. The summed E-state index contributed by atoms with van der Waals surface area (Å²) in [6.07, 6.45) is 1.79. The third-order valence-electron chi connectivity index (χ3n) is 3.69. The number of carbonyl (C=O) groups is 1. The lowest BCUT2D eigenvalue weighted by molar-refractivity contribution is -0.384. The second-order valence-electron chi connectivity index (χ2n) is 5.93. The van der Waals surface area contributed by atoms with Crippen LogP contribution in [0.2, 0.25) is 0 Å². The minimum absolute atomic E-state index is 0.0447. The first-order chi connectivity index (χ1) is 9.97. The molecule has 2 fully saturated rings. The van der Waals surface area contributed by atoms with Gasteiger partial charge in [0.15, 0.2) is 0 Å². The summed E-state index contributed by atoms with van der Waals surface area (Å²) in [5.74, 6) is -0.00254. The SMILES string of the molecule is CC1(Nc2ccc(NC(=O)C3CC3)cc2[N+](=O)[O-])COC1. The van der Waals surface area contributed by atoms with Crippen molar-refractivity contribution >= 4 is 23.0 Å². The van der Waals surface area contributed by atoms with Crippen LogP contribution < -0.4 is 10.6 Å². The van der Waals surface area contributed by atoms with E-state index in [0.717, 1.165) is 12.8 Å². The summed E-state index contributed by atoms with van der Waals surface area (Å²) in [6, 6.07) is 4.70. The molecule has 1 aromatic rings. The minimum Gasteiger partial charge on any atom is -0.376 e. The fourth-order valence-corrected chi connectivity index (χ4v) is 2.26. The summed E-state index contributed by atoms with van der Waals surface area (Å²) in [5.41, 5.74) is 0.579. The van der Waals surface area contributed by atoms with E-state index in [1.807, 2.05) is 6.92 Å². The topological polar surface area (TPSA) is 93.5 Å². The molecule has 1 aromatic carbocycles. The predicted molar refractivity (Wildman–Crippen MR) is 77.3 cm³/mol. The quantitative estimate of drug-likeness (QED) is 0.640. The lowest BCUT2D eigenvalue weighted by Gasteiger charge is -2.39. The van der Waals surface area contributed by atoms with Crippen molar-refractivity contribution in [3.05, 3.63) is 28.3 Å². The number of carbonyl (C=O) groups excluding carboxylic acids is 1. The summed E-state index contributed by atoms with van der Waals surface area (Å²) in [7, 11) is 0. The molecule has 2 N–H and O–H groups in total. The van der Waals surface area contributed by atoms with Gasteiger partial charge in [-0.05, 0) is 31.9 Å². The number of rotatable bonds is 5. The van der Waals surface area contributed by atoms with Crippen LogP contribution in [0.25, 0.3) is 0 Å². The van der Waals surface area contributed by atoms with Crippen molar-refractivity contribution in [2.75, 3.05) is 23.8 Å². The van der Waals surface area contributed by atoms with E-state index in [4.69, 9.17) is 4.74 Å². The highest BCUT2D eigenvalue weighted by atomic mass is 16.6. The maximum absolute atomic E-state index is 11.7. The molecule has 1 aliphatic heterocycles. The van der Waals surface area contributed by atoms with Crippen LogP contribution >= 0.6 is 0 Å². The average molecular weight is 291 g/mol. The zero-order chi connectivity index (χ0) is 15.0. The Kier molecular flexibility index (Phi) is 3.29. The van der Waals surface area contributed by atoms with E-state index in [1.54, 1.807) is 12.1 Å². The first kappa shape index (κ1) is 13.8. The molecule has 112 valence electrons. The Morgan fingerprint density at radius 2 is 2.14 bits per heavy atom. The van der Waals surface area contributed by atoms with Crippen molar-refractivity contribution < 1.29 is 14.5 Å². The van der Waals surface area contributed by atoms with Crippen LogP contribution in [0.3, 0.4) is 0 Å². The minimum atomic E-state index is -0.446. The number of hydrogen-bond acceptors (Lipinski definition) is 5. The molecule has 7 nitrogen and oxygen atoms in total. The highest BCUT2D eigenvalue weighted by Crippen LogP contribution is 2.34. The molecular weight excluding hydrogens is 274 g/mol. The van der Waals surface area contributed by atoms with E-state index in [9.17, 15) is 14.9 Å². The first-order valence-electron chi connectivity index (χ1n) is 6.92. The van der Waals surface area contributed by atoms with Crippen LogP contribution in [0.4, 0.5) is 17.1 Å². The monoisotopic (exact) mass is 291 g/mol. The van der Waals surface area contributed by atoms with E-state index in [2.05, 4.69) is 10.6 Å². The Morgan fingerprint density at radius 1 is 1.43 bits per heavy atom. The number of hydrogen-bond donors (Lipinski definition) is 2. The molecule has 0 unspecified atom stereocenters. The number of anilines is 2. The molecule has 1 saturated carbocycles. The number of amides is 1. The highest BCUT2D eigenvalue weighted by Gasteiger charge is 2.35. The molecule has 0 atom stereocenters. The van der Waals surface area contributed by atoms with Gasteiger partial charge >= 0.3 is 0 Å².